The van der Waals surface area contributed by atoms with Crippen molar-refractivity contribution in [1.82, 2.24) is 15.3 Å². The fraction of sp³-hybridized carbons (Fsp3) is 0.294. The second-order valence-corrected chi connectivity index (χ2v) is 5.17. The highest BCUT2D eigenvalue weighted by atomic mass is 16.5. The Kier molecular flexibility index (Phi) is 5.83. The summed E-state index contributed by atoms with van der Waals surface area (Å²) in [6.07, 6.45) is 3.39. The monoisotopic (exact) mass is 328 g/mol. The maximum atomic E-state index is 12.1. The largest absolute Gasteiger partial charge is 0.464 e. The van der Waals surface area contributed by atoms with Gasteiger partial charge in [-0.3, -0.25) is 4.79 Å². The van der Waals surface area contributed by atoms with Crippen LogP contribution in [0.25, 0.3) is 11.3 Å². The fourth-order valence-electron chi connectivity index (χ4n) is 2.08. The normalized spacial score (nSPS) is 10.2. The molecular formula is C17H20N4O3. The van der Waals surface area contributed by atoms with Crippen molar-refractivity contribution in [2.24, 2.45) is 0 Å². The zero-order valence-corrected chi connectivity index (χ0v) is 13.7. The molecule has 0 aliphatic rings. The summed E-state index contributed by atoms with van der Waals surface area (Å²) in [5.41, 5.74) is 7.22. The van der Waals surface area contributed by atoms with E-state index < -0.39 is 5.97 Å². The van der Waals surface area contributed by atoms with Crippen LogP contribution in [0, 0.1) is 0 Å². The first-order valence-corrected chi connectivity index (χ1v) is 7.66. The van der Waals surface area contributed by atoms with E-state index >= 15 is 0 Å². The number of anilines is 1. The Morgan fingerprint density at radius 2 is 2.12 bits per heavy atom. The molecule has 0 saturated heterocycles. The molecule has 0 atom stereocenters. The Labute approximate surface area is 140 Å². The van der Waals surface area contributed by atoms with Crippen molar-refractivity contribution in [3.63, 3.8) is 0 Å². The van der Waals surface area contributed by atoms with E-state index in [9.17, 15) is 9.59 Å². The third-order valence-corrected chi connectivity index (χ3v) is 3.42. The summed E-state index contributed by atoms with van der Waals surface area (Å²) in [7, 11) is 1.25. The van der Waals surface area contributed by atoms with Gasteiger partial charge in [-0.2, -0.15) is 0 Å². The minimum absolute atomic E-state index is 0.000867. The lowest BCUT2D eigenvalue weighted by atomic mass is 10.1. The maximum Gasteiger partial charge on any atom is 0.360 e. The molecule has 2 rings (SSSR count). The summed E-state index contributed by atoms with van der Waals surface area (Å²) in [5.74, 6) is -0.809. The number of benzene rings is 1. The van der Waals surface area contributed by atoms with E-state index in [0.29, 0.717) is 23.4 Å². The SMILES string of the molecule is CCCCNC(=O)c1cccc(-c2cnc(N)c(C(=O)OC)n2)c1. The van der Waals surface area contributed by atoms with Crippen LogP contribution in [-0.2, 0) is 4.74 Å². The number of nitrogens with one attached hydrogen (secondary N) is 1. The van der Waals surface area contributed by atoms with Crippen molar-refractivity contribution in [3.8, 4) is 11.3 Å². The number of nitrogens with two attached hydrogens (primary N) is 1. The van der Waals surface area contributed by atoms with Gasteiger partial charge in [-0.05, 0) is 18.6 Å². The molecule has 0 aliphatic heterocycles. The zero-order chi connectivity index (χ0) is 17.5. The van der Waals surface area contributed by atoms with Crippen LogP contribution < -0.4 is 11.1 Å². The molecule has 3 N–H and O–H groups in total. The van der Waals surface area contributed by atoms with E-state index in [-0.39, 0.29) is 17.4 Å². The number of carbonyl (C=O) groups excluding carboxylic acids is 2. The van der Waals surface area contributed by atoms with Gasteiger partial charge in [-0.15, -0.1) is 0 Å². The van der Waals surface area contributed by atoms with Gasteiger partial charge in [0.1, 0.15) is 0 Å². The first-order valence-electron chi connectivity index (χ1n) is 7.66. The predicted octanol–water partition coefficient (Wildman–Crippen LogP) is 2.04. The van der Waals surface area contributed by atoms with Gasteiger partial charge in [-0.1, -0.05) is 25.5 Å². The molecule has 0 radical (unpaired) electrons. The van der Waals surface area contributed by atoms with Crippen LogP contribution in [0.2, 0.25) is 0 Å². The van der Waals surface area contributed by atoms with Crippen LogP contribution in [0.15, 0.2) is 30.5 Å². The van der Waals surface area contributed by atoms with Gasteiger partial charge < -0.3 is 15.8 Å². The topological polar surface area (TPSA) is 107 Å². The molecule has 1 amide bonds. The van der Waals surface area contributed by atoms with Crippen molar-refractivity contribution in [3.05, 3.63) is 41.7 Å². The van der Waals surface area contributed by atoms with Gasteiger partial charge in [0.05, 0.1) is 19.0 Å². The van der Waals surface area contributed by atoms with Gasteiger partial charge in [0.2, 0.25) is 0 Å². The number of rotatable bonds is 6. The third-order valence-electron chi connectivity index (χ3n) is 3.42. The molecular weight excluding hydrogens is 308 g/mol. The number of hydrogen-bond acceptors (Lipinski definition) is 6. The number of carbonyl (C=O) groups is 2. The van der Waals surface area contributed by atoms with Crippen molar-refractivity contribution < 1.29 is 14.3 Å². The molecule has 1 aromatic heterocycles. The second kappa shape index (κ2) is 8.05. The van der Waals surface area contributed by atoms with E-state index in [1.165, 1.54) is 13.3 Å². The van der Waals surface area contributed by atoms with E-state index in [1.807, 2.05) is 0 Å². The molecule has 0 spiro atoms. The number of esters is 1. The molecule has 0 bridgehead atoms. The standard InChI is InChI=1S/C17H20N4O3/c1-3-4-8-19-16(22)12-7-5-6-11(9-12)13-10-20-15(18)14(21-13)17(23)24-2/h5-7,9-10H,3-4,8H2,1-2H3,(H2,18,20)(H,19,22). The van der Waals surface area contributed by atoms with Crippen LogP contribution >= 0.6 is 0 Å². The number of nitrogens with zero attached hydrogens (tertiary/aromatic N) is 2. The lowest BCUT2D eigenvalue weighted by molar-refractivity contribution is 0.0595. The van der Waals surface area contributed by atoms with Crippen molar-refractivity contribution >= 4 is 17.7 Å². The van der Waals surface area contributed by atoms with Gasteiger partial charge in [-0.25, -0.2) is 14.8 Å². The smallest absolute Gasteiger partial charge is 0.360 e. The molecule has 1 aromatic carbocycles. The van der Waals surface area contributed by atoms with Crippen LogP contribution in [-0.4, -0.2) is 35.5 Å². The number of unbranched alkanes of at least 4 members (excludes halogenated alkanes) is 1. The molecule has 0 fully saturated rings. The van der Waals surface area contributed by atoms with Gasteiger partial charge >= 0.3 is 5.97 Å². The Morgan fingerprint density at radius 3 is 2.83 bits per heavy atom. The molecule has 0 unspecified atom stereocenters. The van der Waals surface area contributed by atoms with Crippen LogP contribution in [0.3, 0.4) is 0 Å². The number of hydrogen-bond donors (Lipinski definition) is 2. The van der Waals surface area contributed by atoms with Crippen LogP contribution in [0.1, 0.15) is 40.6 Å². The average Bonchev–Trinajstić information content (AvgIpc) is 2.61. The average molecular weight is 328 g/mol. The minimum atomic E-state index is -0.657. The minimum Gasteiger partial charge on any atom is -0.464 e. The number of ether oxygens (including phenoxy) is 1. The van der Waals surface area contributed by atoms with Gasteiger partial charge in [0.25, 0.3) is 5.91 Å². The quantitative estimate of drug-likeness (QED) is 0.621. The lowest BCUT2D eigenvalue weighted by Gasteiger charge is -2.08. The molecule has 2 aromatic rings. The number of amides is 1. The highest BCUT2D eigenvalue weighted by Crippen LogP contribution is 2.20. The molecule has 126 valence electrons. The second-order valence-electron chi connectivity index (χ2n) is 5.17. The molecule has 24 heavy (non-hydrogen) atoms. The van der Waals surface area contributed by atoms with Crippen LogP contribution in [0.4, 0.5) is 5.82 Å². The highest BCUT2D eigenvalue weighted by Gasteiger charge is 2.15. The number of nitrogen functional groups attached to an aromatic ring is 1. The maximum absolute atomic E-state index is 12.1. The van der Waals surface area contributed by atoms with E-state index in [4.69, 9.17) is 5.73 Å². The molecule has 7 heteroatoms. The fourth-order valence-corrected chi connectivity index (χ4v) is 2.08. The first-order chi connectivity index (χ1) is 11.6. The summed E-state index contributed by atoms with van der Waals surface area (Å²) < 4.78 is 4.64. The Balaban J connectivity index is 2.28. The predicted molar refractivity (Wildman–Crippen MR) is 90.5 cm³/mol. The van der Waals surface area contributed by atoms with Crippen molar-refractivity contribution in [2.45, 2.75) is 19.8 Å². The summed E-state index contributed by atoms with van der Waals surface area (Å²) in [6, 6.07) is 6.95. The third kappa shape index (κ3) is 4.07. The van der Waals surface area contributed by atoms with Crippen molar-refractivity contribution in [1.29, 1.82) is 0 Å². The summed E-state index contributed by atoms with van der Waals surface area (Å²) in [4.78, 5) is 32.0. The number of aromatic nitrogens is 2. The molecule has 1 heterocycles. The molecule has 7 nitrogen and oxygen atoms in total. The molecule has 0 aliphatic carbocycles. The zero-order valence-electron chi connectivity index (χ0n) is 13.7. The first kappa shape index (κ1) is 17.4. The lowest BCUT2D eigenvalue weighted by Crippen LogP contribution is -2.24. The number of methoxy groups -OCH3 is 1. The Hall–Kier alpha value is -2.96. The summed E-state index contributed by atoms with van der Waals surface area (Å²) in [5, 5.41) is 2.86. The summed E-state index contributed by atoms with van der Waals surface area (Å²) in [6.45, 7) is 2.69. The Morgan fingerprint density at radius 1 is 1.33 bits per heavy atom. The summed E-state index contributed by atoms with van der Waals surface area (Å²) >= 11 is 0. The van der Waals surface area contributed by atoms with E-state index in [0.717, 1.165) is 12.8 Å². The molecule has 0 saturated carbocycles. The Bertz CT molecular complexity index is 746. The van der Waals surface area contributed by atoms with E-state index in [2.05, 4.69) is 26.9 Å². The van der Waals surface area contributed by atoms with Gasteiger partial charge in [0.15, 0.2) is 11.5 Å². The van der Waals surface area contributed by atoms with Crippen LogP contribution in [0.5, 0.6) is 0 Å². The van der Waals surface area contributed by atoms with E-state index in [1.54, 1.807) is 24.3 Å². The highest BCUT2D eigenvalue weighted by molar-refractivity contribution is 5.95. The van der Waals surface area contributed by atoms with Gasteiger partial charge in [0, 0.05) is 17.7 Å². The van der Waals surface area contributed by atoms with Crippen molar-refractivity contribution in [2.75, 3.05) is 19.4 Å².